The van der Waals surface area contributed by atoms with Crippen molar-refractivity contribution in [2.75, 3.05) is 5.73 Å². The van der Waals surface area contributed by atoms with E-state index >= 15 is 0 Å². The number of aromatic nitrogens is 2. The molecule has 0 bridgehead atoms. The van der Waals surface area contributed by atoms with Crippen LogP contribution in [0.4, 0.5) is 14.6 Å². The fraction of sp³-hybridized carbons (Fsp3) is 0.400. The Balaban J connectivity index is 2.08. The van der Waals surface area contributed by atoms with Crippen LogP contribution in [0.1, 0.15) is 31.6 Å². The third-order valence-electron chi connectivity index (χ3n) is 3.61. The van der Waals surface area contributed by atoms with Crippen molar-refractivity contribution in [3.63, 3.8) is 0 Å². The number of ether oxygens (including phenoxy) is 1. The molecule has 0 saturated heterocycles. The van der Waals surface area contributed by atoms with Crippen molar-refractivity contribution in [3.05, 3.63) is 30.1 Å². The molecule has 1 saturated carbocycles. The van der Waals surface area contributed by atoms with E-state index in [4.69, 9.17) is 5.73 Å². The maximum atomic E-state index is 12.5. The molecule has 1 heterocycles. The first-order valence-corrected chi connectivity index (χ1v) is 7.02. The maximum absolute atomic E-state index is 12.5. The van der Waals surface area contributed by atoms with Gasteiger partial charge in [-0.25, -0.2) is 4.98 Å². The summed E-state index contributed by atoms with van der Waals surface area (Å²) in [4.78, 5) is 4.54. The Morgan fingerprint density at radius 2 is 2.10 bits per heavy atom. The van der Waals surface area contributed by atoms with Crippen LogP contribution in [0, 0.1) is 0 Å². The van der Waals surface area contributed by atoms with Crippen LogP contribution >= 0.6 is 0 Å². The number of anilines is 1. The zero-order valence-electron chi connectivity index (χ0n) is 11.7. The quantitative estimate of drug-likeness (QED) is 0.915. The summed E-state index contributed by atoms with van der Waals surface area (Å²) in [6.07, 6.45) is 2.92. The van der Waals surface area contributed by atoms with E-state index in [1.165, 1.54) is 6.07 Å². The van der Waals surface area contributed by atoms with Gasteiger partial charge in [0.25, 0.3) is 0 Å². The average Bonchev–Trinajstić information content (AvgIpc) is 3.23. The number of benzene rings is 1. The summed E-state index contributed by atoms with van der Waals surface area (Å²) in [6, 6.07) is 7.00. The zero-order valence-corrected chi connectivity index (χ0v) is 11.7. The monoisotopic (exact) mass is 293 g/mol. The molecule has 0 amide bonds. The molecule has 1 aliphatic carbocycles. The molecular weight excluding hydrogens is 276 g/mol. The Hall–Kier alpha value is -2.11. The third-order valence-corrected chi connectivity index (χ3v) is 3.61. The van der Waals surface area contributed by atoms with Crippen molar-refractivity contribution in [2.45, 2.75) is 38.8 Å². The average molecular weight is 293 g/mol. The van der Waals surface area contributed by atoms with Gasteiger partial charge >= 0.3 is 6.61 Å². The van der Waals surface area contributed by atoms with Crippen LogP contribution < -0.4 is 10.5 Å². The normalized spacial score (nSPS) is 14.7. The molecular formula is C15H17F2N3O. The summed E-state index contributed by atoms with van der Waals surface area (Å²) >= 11 is 0. The van der Waals surface area contributed by atoms with Crippen molar-refractivity contribution in [1.29, 1.82) is 0 Å². The smallest absolute Gasteiger partial charge is 0.387 e. The van der Waals surface area contributed by atoms with Crippen LogP contribution in [-0.4, -0.2) is 16.2 Å². The molecule has 1 aliphatic rings. The molecule has 0 atom stereocenters. The second-order valence-electron chi connectivity index (χ2n) is 5.09. The van der Waals surface area contributed by atoms with Crippen LogP contribution in [0.5, 0.6) is 5.75 Å². The summed E-state index contributed by atoms with van der Waals surface area (Å²) in [7, 11) is 0. The predicted octanol–water partition coefficient (Wildman–Crippen LogP) is 3.63. The van der Waals surface area contributed by atoms with Gasteiger partial charge in [-0.3, -0.25) is 0 Å². The van der Waals surface area contributed by atoms with Gasteiger partial charge in [-0.1, -0.05) is 19.1 Å². The number of alkyl halides is 2. The van der Waals surface area contributed by atoms with Gasteiger partial charge in [-0.2, -0.15) is 8.78 Å². The molecule has 0 radical (unpaired) electrons. The Labute approximate surface area is 121 Å². The van der Waals surface area contributed by atoms with E-state index in [0.717, 1.165) is 25.1 Å². The molecule has 3 rings (SSSR count). The van der Waals surface area contributed by atoms with Gasteiger partial charge in [0.1, 0.15) is 23.1 Å². The Kier molecular flexibility index (Phi) is 3.53. The van der Waals surface area contributed by atoms with Crippen LogP contribution in [-0.2, 0) is 6.42 Å². The summed E-state index contributed by atoms with van der Waals surface area (Å²) in [6.45, 7) is -0.866. The van der Waals surface area contributed by atoms with E-state index in [9.17, 15) is 8.78 Å². The third kappa shape index (κ3) is 2.57. The number of halogens is 2. The summed E-state index contributed by atoms with van der Waals surface area (Å²) in [5.41, 5.74) is 7.24. The van der Waals surface area contributed by atoms with Gasteiger partial charge < -0.3 is 15.0 Å². The topological polar surface area (TPSA) is 53.1 Å². The molecule has 0 unspecified atom stereocenters. The maximum Gasteiger partial charge on any atom is 0.387 e. The first kappa shape index (κ1) is 13.9. The number of nitrogens with two attached hydrogens (primary N) is 1. The minimum absolute atomic E-state index is 0.0994. The number of aryl methyl sites for hydroxylation is 1. The van der Waals surface area contributed by atoms with Crippen molar-refractivity contribution in [3.8, 4) is 17.0 Å². The second-order valence-corrected chi connectivity index (χ2v) is 5.09. The molecule has 21 heavy (non-hydrogen) atoms. The Bertz CT molecular complexity index is 650. The molecule has 2 aromatic rings. The van der Waals surface area contributed by atoms with Crippen molar-refractivity contribution < 1.29 is 13.5 Å². The van der Waals surface area contributed by atoms with E-state index in [0.29, 0.717) is 23.1 Å². The first-order valence-electron chi connectivity index (χ1n) is 7.02. The standard InChI is InChI=1S/C15H17F2N3O/c1-2-12-19-13(14(18)20(12)9-7-8-9)10-5-3-4-6-11(10)21-15(16)17/h3-6,9,15H,2,7-8,18H2,1H3. The number of imidazole rings is 1. The number of para-hydroxylation sites is 1. The summed E-state index contributed by atoms with van der Waals surface area (Å²) in [5, 5.41) is 0. The highest BCUT2D eigenvalue weighted by Crippen LogP contribution is 2.42. The lowest BCUT2D eigenvalue weighted by atomic mass is 10.1. The van der Waals surface area contributed by atoms with E-state index in [1.54, 1.807) is 18.2 Å². The molecule has 6 heteroatoms. The second kappa shape index (κ2) is 5.35. The fourth-order valence-electron chi connectivity index (χ4n) is 2.54. The molecule has 1 fully saturated rings. The molecule has 4 nitrogen and oxygen atoms in total. The van der Waals surface area contributed by atoms with Gasteiger partial charge in [-0.15, -0.1) is 0 Å². The van der Waals surface area contributed by atoms with Crippen molar-refractivity contribution >= 4 is 5.82 Å². The number of hydrogen-bond donors (Lipinski definition) is 1. The van der Waals surface area contributed by atoms with Crippen molar-refractivity contribution in [2.24, 2.45) is 0 Å². The lowest BCUT2D eigenvalue weighted by molar-refractivity contribution is -0.0494. The highest BCUT2D eigenvalue weighted by Gasteiger charge is 2.30. The Morgan fingerprint density at radius 3 is 2.71 bits per heavy atom. The molecule has 0 spiro atoms. The number of hydrogen-bond acceptors (Lipinski definition) is 3. The highest BCUT2D eigenvalue weighted by molar-refractivity contribution is 5.76. The van der Waals surface area contributed by atoms with Crippen LogP contribution in [0.15, 0.2) is 24.3 Å². The van der Waals surface area contributed by atoms with E-state index in [2.05, 4.69) is 9.72 Å². The number of nitrogen functional groups attached to an aromatic ring is 1. The van der Waals surface area contributed by atoms with E-state index in [-0.39, 0.29) is 5.75 Å². The largest absolute Gasteiger partial charge is 0.434 e. The van der Waals surface area contributed by atoms with Gasteiger partial charge in [0.15, 0.2) is 0 Å². The fourth-order valence-corrected chi connectivity index (χ4v) is 2.54. The van der Waals surface area contributed by atoms with Crippen LogP contribution in [0.2, 0.25) is 0 Å². The predicted molar refractivity (Wildman–Crippen MR) is 76.4 cm³/mol. The molecule has 0 aliphatic heterocycles. The molecule has 2 N–H and O–H groups in total. The highest BCUT2D eigenvalue weighted by atomic mass is 19.3. The van der Waals surface area contributed by atoms with Gasteiger partial charge in [0.2, 0.25) is 0 Å². The minimum atomic E-state index is -2.87. The van der Waals surface area contributed by atoms with E-state index < -0.39 is 6.61 Å². The minimum Gasteiger partial charge on any atom is -0.434 e. The van der Waals surface area contributed by atoms with Crippen LogP contribution in [0.25, 0.3) is 11.3 Å². The number of nitrogens with zero attached hydrogens (tertiary/aromatic N) is 2. The summed E-state index contributed by atoms with van der Waals surface area (Å²) in [5.74, 6) is 1.51. The van der Waals surface area contributed by atoms with Gasteiger partial charge in [-0.05, 0) is 25.0 Å². The lowest BCUT2D eigenvalue weighted by Gasteiger charge is -2.10. The molecule has 1 aromatic heterocycles. The molecule has 112 valence electrons. The zero-order chi connectivity index (χ0) is 15.0. The summed E-state index contributed by atoms with van der Waals surface area (Å²) < 4.78 is 31.7. The Morgan fingerprint density at radius 1 is 1.38 bits per heavy atom. The van der Waals surface area contributed by atoms with E-state index in [1.807, 2.05) is 11.5 Å². The SMILES string of the molecule is CCc1nc(-c2ccccc2OC(F)F)c(N)n1C1CC1. The number of rotatable bonds is 5. The lowest BCUT2D eigenvalue weighted by Crippen LogP contribution is -2.05. The first-order chi connectivity index (χ1) is 10.1. The van der Waals surface area contributed by atoms with Gasteiger partial charge in [0.05, 0.1) is 0 Å². The van der Waals surface area contributed by atoms with Gasteiger partial charge in [0, 0.05) is 18.0 Å². The van der Waals surface area contributed by atoms with Crippen LogP contribution in [0.3, 0.4) is 0 Å². The molecule has 1 aromatic carbocycles. The van der Waals surface area contributed by atoms with Crippen molar-refractivity contribution in [1.82, 2.24) is 9.55 Å².